The van der Waals surface area contributed by atoms with Crippen LogP contribution >= 0.6 is 0 Å². The van der Waals surface area contributed by atoms with Crippen LogP contribution in [0.4, 0.5) is 0 Å². The summed E-state index contributed by atoms with van der Waals surface area (Å²) in [5.74, 6) is 0.354. The lowest BCUT2D eigenvalue weighted by Gasteiger charge is -2.20. The van der Waals surface area contributed by atoms with Gasteiger partial charge in [-0.1, -0.05) is 80.6 Å². The molecule has 0 aromatic heterocycles. The van der Waals surface area contributed by atoms with Crippen LogP contribution in [0.25, 0.3) is 0 Å². The predicted molar refractivity (Wildman–Crippen MR) is 134 cm³/mol. The number of hydrogen-bond acceptors (Lipinski definition) is 3. The molecule has 34 heavy (non-hydrogen) atoms. The van der Waals surface area contributed by atoms with Gasteiger partial charge in [-0.3, -0.25) is 9.59 Å². The van der Waals surface area contributed by atoms with Gasteiger partial charge in [0.15, 0.2) is 0 Å². The highest BCUT2D eigenvalue weighted by molar-refractivity contribution is 5.96. The van der Waals surface area contributed by atoms with Gasteiger partial charge in [-0.15, -0.1) is 0 Å². The van der Waals surface area contributed by atoms with E-state index in [-0.39, 0.29) is 18.2 Å². The molecule has 0 aliphatic heterocycles. The zero-order valence-electron chi connectivity index (χ0n) is 19.9. The molecule has 3 aromatic rings. The van der Waals surface area contributed by atoms with Crippen molar-refractivity contribution in [3.05, 3.63) is 101 Å². The van der Waals surface area contributed by atoms with Crippen molar-refractivity contribution >= 4 is 11.9 Å². The molecule has 1 amide bonds. The predicted octanol–water partition coefficient (Wildman–Crippen LogP) is 5.84. The van der Waals surface area contributed by atoms with Crippen molar-refractivity contribution in [3.63, 3.8) is 0 Å². The zero-order chi connectivity index (χ0) is 24.3. The van der Waals surface area contributed by atoms with Gasteiger partial charge in [0, 0.05) is 18.9 Å². The lowest BCUT2D eigenvalue weighted by atomic mass is 9.90. The number of hydrogen-bond donors (Lipinski definition) is 2. The number of carbonyl (C=O) groups excluding carboxylic acids is 1. The Hall–Kier alpha value is -3.60. The molecule has 0 saturated heterocycles. The Balaban J connectivity index is 1.61. The van der Waals surface area contributed by atoms with E-state index in [9.17, 15) is 9.59 Å². The fourth-order valence-corrected chi connectivity index (χ4v) is 3.94. The Labute approximate surface area is 201 Å². The van der Waals surface area contributed by atoms with Gasteiger partial charge in [-0.25, -0.2) is 0 Å². The van der Waals surface area contributed by atoms with E-state index in [0.717, 1.165) is 17.5 Å². The summed E-state index contributed by atoms with van der Waals surface area (Å²) in [5, 5.41) is 11.9. The zero-order valence-corrected chi connectivity index (χ0v) is 19.9. The van der Waals surface area contributed by atoms with Gasteiger partial charge in [-0.2, -0.15) is 0 Å². The Bertz CT molecular complexity index is 1060. The van der Waals surface area contributed by atoms with E-state index in [2.05, 4.69) is 31.3 Å². The number of carboxylic acids is 1. The number of carboxylic acid groups (broad SMARTS) is 1. The van der Waals surface area contributed by atoms with Gasteiger partial charge in [-0.05, 0) is 47.6 Å². The topological polar surface area (TPSA) is 75.6 Å². The van der Waals surface area contributed by atoms with E-state index in [1.54, 1.807) is 12.1 Å². The summed E-state index contributed by atoms with van der Waals surface area (Å²) in [6.07, 6.45) is 1.60. The van der Waals surface area contributed by atoms with Crippen molar-refractivity contribution < 1.29 is 19.4 Å². The first-order chi connectivity index (χ1) is 16.4. The summed E-state index contributed by atoms with van der Waals surface area (Å²) in [4.78, 5) is 23.8. The van der Waals surface area contributed by atoms with Crippen molar-refractivity contribution in [1.29, 1.82) is 0 Å². The lowest BCUT2D eigenvalue weighted by molar-refractivity contribution is -0.136. The van der Waals surface area contributed by atoms with Crippen molar-refractivity contribution in [3.8, 4) is 5.75 Å². The van der Waals surface area contributed by atoms with Crippen molar-refractivity contribution in [2.24, 2.45) is 5.92 Å². The maximum Gasteiger partial charge on any atom is 0.303 e. The Morgan fingerprint density at radius 1 is 0.882 bits per heavy atom. The molecule has 5 nitrogen and oxygen atoms in total. The van der Waals surface area contributed by atoms with Crippen molar-refractivity contribution in [2.45, 2.75) is 45.6 Å². The molecule has 0 aliphatic carbocycles. The second-order valence-corrected chi connectivity index (χ2v) is 8.94. The lowest BCUT2D eigenvalue weighted by Crippen LogP contribution is -2.29. The number of ether oxygens (including phenoxy) is 1. The Kier molecular flexibility index (Phi) is 9.27. The van der Waals surface area contributed by atoms with Crippen LogP contribution < -0.4 is 10.1 Å². The number of amides is 1. The molecular weight excluding hydrogens is 426 g/mol. The number of aryl methyl sites for hydroxylation is 1. The normalized spacial score (nSPS) is 11.7. The molecule has 178 valence electrons. The summed E-state index contributed by atoms with van der Waals surface area (Å²) in [5.41, 5.74) is 3.67. The molecule has 0 bridgehead atoms. The maximum absolute atomic E-state index is 13.0. The average Bonchev–Trinajstić information content (AvgIpc) is 2.85. The van der Waals surface area contributed by atoms with Crippen LogP contribution in [-0.4, -0.2) is 23.5 Å². The molecule has 0 heterocycles. The molecular formula is C29H33NO4. The van der Waals surface area contributed by atoms with E-state index in [1.807, 2.05) is 54.6 Å². The fraction of sp³-hybridized carbons (Fsp3) is 0.310. The number of para-hydroxylation sites is 1. The SMILES string of the molecule is CC(C)CC(CNC(=O)c1ccccc1OCc1ccc(CCC(=O)O)cc1)c1ccccc1. The molecule has 0 aliphatic rings. The van der Waals surface area contributed by atoms with Crippen LogP contribution in [0.1, 0.15) is 59.7 Å². The number of rotatable bonds is 12. The minimum atomic E-state index is -0.804. The summed E-state index contributed by atoms with van der Waals surface area (Å²) in [7, 11) is 0. The first-order valence-electron chi connectivity index (χ1n) is 11.8. The van der Waals surface area contributed by atoms with Gasteiger partial charge >= 0.3 is 5.97 Å². The number of nitrogens with one attached hydrogen (secondary N) is 1. The molecule has 3 rings (SSSR count). The third-order valence-electron chi connectivity index (χ3n) is 5.71. The highest BCUT2D eigenvalue weighted by Crippen LogP contribution is 2.24. The standard InChI is InChI=1S/C29H33NO4/c1-21(2)18-25(24-8-4-3-5-9-24)19-30-29(33)26-10-6-7-11-27(26)34-20-23-14-12-22(13-15-23)16-17-28(31)32/h3-15,21,25H,16-20H2,1-2H3,(H,30,33)(H,31,32). The molecule has 0 radical (unpaired) electrons. The maximum atomic E-state index is 13.0. The van der Waals surface area contributed by atoms with Crippen LogP contribution in [0, 0.1) is 5.92 Å². The van der Waals surface area contributed by atoms with E-state index >= 15 is 0 Å². The Morgan fingerprint density at radius 3 is 2.21 bits per heavy atom. The van der Waals surface area contributed by atoms with Gasteiger partial charge in [0.2, 0.25) is 0 Å². The molecule has 1 atom stereocenters. The van der Waals surface area contributed by atoms with Crippen LogP contribution in [0.5, 0.6) is 5.75 Å². The van der Waals surface area contributed by atoms with E-state index in [1.165, 1.54) is 5.56 Å². The van der Waals surface area contributed by atoms with Crippen LogP contribution in [-0.2, 0) is 17.8 Å². The first kappa shape index (κ1) is 25.0. The van der Waals surface area contributed by atoms with Gasteiger partial charge in [0.05, 0.1) is 5.56 Å². The van der Waals surface area contributed by atoms with E-state index in [0.29, 0.717) is 36.8 Å². The summed E-state index contributed by atoms with van der Waals surface area (Å²) in [6, 6.07) is 25.3. The largest absolute Gasteiger partial charge is 0.488 e. The third kappa shape index (κ3) is 7.77. The highest BCUT2D eigenvalue weighted by Gasteiger charge is 2.17. The first-order valence-corrected chi connectivity index (χ1v) is 11.8. The fourth-order valence-electron chi connectivity index (χ4n) is 3.94. The molecule has 5 heteroatoms. The molecule has 1 unspecified atom stereocenters. The minimum Gasteiger partial charge on any atom is -0.488 e. The monoisotopic (exact) mass is 459 g/mol. The average molecular weight is 460 g/mol. The van der Waals surface area contributed by atoms with Gasteiger partial charge < -0.3 is 15.2 Å². The van der Waals surface area contributed by atoms with Gasteiger partial charge in [0.1, 0.15) is 12.4 Å². The molecule has 2 N–H and O–H groups in total. The quantitative estimate of drug-likeness (QED) is 0.357. The van der Waals surface area contributed by atoms with Crippen LogP contribution in [0.3, 0.4) is 0 Å². The minimum absolute atomic E-state index is 0.112. The summed E-state index contributed by atoms with van der Waals surface area (Å²) >= 11 is 0. The van der Waals surface area contributed by atoms with Crippen LogP contribution in [0.15, 0.2) is 78.9 Å². The van der Waals surface area contributed by atoms with Gasteiger partial charge in [0.25, 0.3) is 5.91 Å². The number of benzene rings is 3. The second-order valence-electron chi connectivity index (χ2n) is 8.94. The Morgan fingerprint density at radius 2 is 1.53 bits per heavy atom. The molecule has 0 spiro atoms. The third-order valence-corrected chi connectivity index (χ3v) is 5.71. The van der Waals surface area contributed by atoms with E-state index < -0.39 is 5.97 Å². The molecule has 0 fully saturated rings. The molecule has 0 saturated carbocycles. The van der Waals surface area contributed by atoms with E-state index in [4.69, 9.17) is 9.84 Å². The second kappa shape index (κ2) is 12.6. The van der Waals surface area contributed by atoms with Crippen LogP contribution in [0.2, 0.25) is 0 Å². The molecule has 3 aromatic carbocycles. The smallest absolute Gasteiger partial charge is 0.303 e. The summed E-state index contributed by atoms with van der Waals surface area (Å²) in [6.45, 7) is 5.27. The number of aliphatic carboxylic acids is 1. The highest BCUT2D eigenvalue weighted by atomic mass is 16.5. The summed E-state index contributed by atoms with van der Waals surface area (Å²) < 4.78 is 5.98. The van der Waals surface area contributed by atoms with Crippen molar-refractivity contribution in [2.75, 3.05) is 6.54 Å². The van der Waals surface area contributed by atoms with Crippen molar-refractivity contribution in [1.82, 2.24) is 5.32 Å². The number of carbonyl (C=O) groups is 2.